The molecule has 0 aliphatic carbocycles. The number of carbonyl (C=O) groups is 2. The van der Waals surface area contributed by atoms with Gasteiger partial charge in [-0.15, -0.1) is 11.3 Å². The second-order valence-electron chi connectivity index (χ2n) is 8.59. The Morgan fingerprint density at radius 2 is 1.88 bits per heavy atom. The van der Waals surface area contributed by atoms with E-state index in [-0.39, 0.29) is 36.4 Å². The monoisotopic (exact) mass is 472 g/mol. The van der Waals surface area contributed by atoms with Gasteiger partial charge in [0.1, 0.15) is 5.82 Å². The fourth-order valence-corrected chi connectivity index (χ4v) is 5.43. The molecule has 1 aliphatic rings. The van der Waals surface area contributed by atoms with E-state index in [1.165, 1.54) is 11.3 Å². The lowest BCUT2D eigenvalue weighted by molar-refractivity contribution is -0.135. The van der Waals surface area contributed by atoms with E-state index < -0.39 is 5.92 Å². The zero-order chi connectivity index (χ0) is 23.8. The van der Waals surface area contributed by atoms with E-state index in [4.69, 9.17) is 0 Å². The molecule has 2 amide bonds. The van der Waals surface area contributed by atoms with E-state index in [0.717, 1.165) is 16.1 Å². The first-order valence-corrected chi connectivity index (χ1v) is 12.0. The van der Waals surface area contributed by atoms with Crippen LogP contribution in [0.1, 0.15) is 28.7 Å². The Morgan fingerprint density at radius 1 is 1.12 bits per heavy atom. The summed E-state index contributed by atoms with van der Waals surface area (Å²) >= 11 is 1.54. The third-order valence-electron chi connectivity index (χ3n) is 6.21. The molecular weight excluding hydrogens is 448 g/mol. The molecule has 0 saturated carbocycles. The topological polar surface area (TPSA) is 86.4 Å². The van der Waals surface area contributed by atoms with Crippen LogP contribution >= 0.6 is 11.3 Å². The van der Waals surface area contributed by atoms with Gasteiger partial charge in [0, 0.05) is 24.0 Å². The molecule has 7 nitrogen and oxygen atoms in total. The molecule has 172 valence electrons. The average Bonchev–Trinajstić information content (AvgIpc) is 3.47. The summed E-state index contributed by atoms with van der Waals surface area (Å²) in [5.41, 5.74) is 2.24. The number of nitrogens with zero attached hydrogens (tertiary/aromatic N) is 3. The second kappa shape index (κ2) is 8.87. The first-order valence-electron chi connectivity index (χ1n) is 11.1. The summed E-state index contributed by atoms with van der Waals surface area (Å²) in [6, 6.07) is 18.4. The van der Waals surface area contributed by atoms with Gasteiger partial charge in [-0.25, -0.2) is 4.98 Å². The van der Waals surface area contributed by atoms with Crippen molar-refractivity contribution in [2.75, 3.05) is 11.9 Å². The molecule has 4 aromatic rings. The van der Waals surface area contributed by atoms with Crippen LogP contribution in [0.2, 0.25) is 0 Å². The van der Waals surface area contributed by atoms with Crippen LogP contribution in [0.3, 0.4) is 0 Å². The normalized spacial score (nSPS) is 17.9. The smallest absolute Gasteiger partial charge is 0.258 e. The number of anilines is 1. The number of thiophene rings is 1. The van der Waals surface area contributed by atoms with Crippen LogP contribution in [0.4, 0.5) is 5.69 Å². The SMILES string of the molecule is Cc1ccc(N2C(=O)C[C@H](C(=O)N(C)Cc3nc4ccccc4c(=O)[nH]3)[C@H]2c2cccs2)cc1. The number of carbonyl (C=O) groups excluding carboxylic acids is 2. The third kappa shape index (κ3) is 4.01. The molecule has 0 unspecified atom stereocenters. The van der Waals surface area contributed by atoms with Gasteiger partial charge in [0.05, 0.1) is 29.4 Å². The maximum atomic E-state index is 13.6. The van der Waals surface area contributed by atoms with Crippen molar-refractivity contribution in [3.05, 3.63) is 92.7 Å². The number of fused-ring (bicyclic) bond motifs is 1. The summed E-state index contributed by atoms with van der Waals surface area (Å²) in [5.74, 6) is -0.361. The fourth-order valence-electron chi connectivity index (χ4n) is 4.55. The Bertz CT molecular complexity index is 1410. The van der Waals surface area contributed by atoms with Crippen LogP contribution in [-0.2, 0) is 16.1 Å². The first-order chi connectivity index (χ1) is 16.4. The fraction of sp³-hybridized carbons (Fsp3) is 0.231. The van der Waals surface area contributed by atoms with Gasteiger partial charge < -0.3 is 14.8 Å². The Balaban J connectivity index is 1.44. The van der Waals surface area contributed by atoms with Crippen LogP contribution in [-0.4, -0.2) is 33.7 Å². The van der Waals surface area contributed by atoms with Gasteiger partial charge in [-0.05, 0) is 42.6 Å². The first kappa shape index (κ1) is 22.0. The van der Waals surface area contributed by atoms with Crippen LogP contribution < -0.4 is 10.5 Å². The van der Waals surface area contributed by atoms with E-state index in [9.17, 15) is 14.4 Å². The van der Waals surface area contributed by atoms with Gasteiger partial charge in [-0.1, -0.05) is 35.9 Å². The molecule has 1 aliphatic heterocycles. The number of rotatable bonds is 5. The van der Waals surface area contributed by atoms with E-state index in [1.54, 1.807) is 35.0 Å². The predicted molar refractivity (Wildman–Crippen MR) is 133 cm³/mol. The molecule has 1 N–H and O–H groups in total. The summed E-state index contributed by atoms with van der Waals surface area (Å²) in [5, 5.41) is 2.47. The van der Waals surface area contributed by atoms with Gasteiger partial charge in [-0.3, -0.25) is 14.4 Å². The molecule has 8 heteroatoms. The van der Waals surface area contributed by atoms with Gasteiger partial charge in [0.25, 0.3) is 5.56 Å². The third-order valence-corrected chi connectivity index (χ3v) is 7.15. The van der Waals surface area contributed by atoms with Gasteiger partial charge in [0.15, 0.2) is 0 Å². The van der Waals surface area contributed by atoms with Crippen molar-refractivity contribution in [3.63, 3.8) is 0 Å². The number of aryl methyl sites for hydroxylation is 1. The van der Waals surface area contributed by atoms with Crippen molar-refractivity contribution in [2.45, 2.75) is 25.9 Å². The molecule has 0 radical (unpaired) electrons. The van der Waals surface area contributed by atoms with Crippen molar-refractivity contribution in [1.29, 1.82) is 0 Å². The quantitative estimate of drug-likeness (QED) is 0.475. The van der Waals surface area contributed by atoms with E-state index in [0.29, 0.717) is 16.7 Å². The summed E-state index contributed by atoms with van der Waals surface area (Å²) in [6.45, 7) is 2.14. The van der Waals surface area contributed by atoms with Gasteiger partial charge >= 0.3 is 0 Å². The highest BCUT2D eigenvalue weighted by atomic mass is 32.1. The number of hydrogen-bond acceptors (Lipinski definition) is 5. The van der Waals surface area contributed by atoms with Crippen molar-refractivity contribution in [2.24, 2.45) is 5.92 Å². The standard InChI is InChI=1S/C26H24N4O3S/c1-16-9-11-17(12-10-16)30-23(31)14-19(24(30)21-8-5-13-34-21)26(33)29(2)15-22-27-20-7-4-3-6-18(20)25(32)28-22/h3-13,19,24H,14-15H2,1-2H3,(H,27,28,32)/t19-,24-/m0/s1. The van der Waals surface area contributed by atoms with Crippen molar-refractivity contribution in [1.82, 2.24) is 14.9 Å². The molecule has 0 spiro atoms. The molecule has 1 fully saturated rings. The molecule has 2 atom stereocenters. The van der Waals surface area contributed by atoms with Gasteiger partial charge in [-0.2, -0.15) is 0 Å². The molecule has 2 aromatic carbocycles. The van der Waals surface area contributed by atoms with E-state index in [2.05, 4.69) is 9.97 Å². The Kier molecular flexibility index (Phi) is 5.75. The predicted octanol–water partition coefficient (Wildman–Crippen LogP) is 4.05. The van der Waals surface area contributed by atoms with E-state index >= 15 is 0 Å². The summed E-state index contributed by atoms with van der Waals surface area (Å²) in [4.78, 5) is 50.8. The summed E-state index contributed by atoms with van der Waals surface area (Å²) in [7, 11) is 1.68. The number of para-hydroxylation sites is 1. The minimum Gasteiger partial charge on any atom is -0.338 e. The maximum absolute atomic E-state index is 13.6. The zero-order valence-electron chi connectivity index (χ0n) is 18.9. The van der Waals surface area contributed by atoms with Gasteiger partial charge in [0.2, 0.25) is 11.8 Å². The number of nitrogens with one attached hydrogen (secondary N) is 1. The second-order valence-corrected chi connectivity index (χ2v) is 9.57. The van der Waals surface area contributed by atoms with Crippen LogP contribution in [0.15, 0.2) is 70.8 Å². The number of H-pyrrole nitrogens is 1. The number of hydrogen-bond donors (Lipinski definition) is 1. The zero-order valence-corrected chi connectivity index (χ0v) is 19.7. The summed E-state index contributed by atoms with van der Waals surface area (Å²) < 4.78 is 0. The molecule has 0 bridgehead atoms. The highest BCUT2D eigenvalue weighted by Crippen LogP contribution is 2.43. The molecule has 34 heavy (non-hydrogen) atoms. The number of benzene rings is 2. The summed E-state index contributed by atoms with van der Waals surface area (Å²) in [6.07, 6.45) is 0.126. The Morgan fingerprint density at radius 3 is 2.62 bits per heavy atom. The highest BCUT2D eigenvalue weighted by Gasteiger charge is 2.46. The Labute approximate surface area is 200 Å². The average molecular weight is 473 g/mol. The minimum absolute atomic E-state index is 0.0776. The molecule has 5 rings (SSSR count). The van der Waals surface area contributed by atoms with Crippen LogP contribution in [0.25, 0.3) is 10.9 Å². The Hall–Kier alpha value is -3.78. The lowest BCUT2D eigenvalue weighted by Crippen LogP contribution is -2.37. The molecule has 1 saturated heterocycles. The van der Waals surface area contributed by atoms with Crippen LogP contribution in [0.5, 0.6) is 0 Å². The minimum atomic E-state index is -0.537. The maximum Gasteiger partial charge on any atom is 0.258 e. The van der Waals surface area contributed by atoms with Crippen molar-refractivity contribution in [3.8, 4) is 0 Å². The van der Waals surface area contributed by atoms with Crippen LogP contribution in [0, 0.1) is 12.8 Å². The number of amides is 2. The highest BCUT2D eigenvalue weighted by molar-refractivity contribution is 7.10. The lowest BCUT2D eigenvalue weighted by Gasteiger charge is -2.29. The van der Waals surface area contributed by atoms with Crippen molar-refractivity contribution >= 4 is 39.7 Å². The number of aromatic nitrogens is 2. The number of aromatic amines is 1. The molecule has 3 heterocycles. The molecular formula is C26H24N4O3S. The lowest BCUT2D eigenvalue weighted by atomic mass is 9.97. The van der Waals surface area contributed by atoms with E-state index in [1.807, 2.05) is 54.8 Å². The molecule has 2 aromatic heterocycles. The largest absolute Gasteiger partial charge is 0.338 e. The van der Waals surface area contributed by atoms with Crippen molar-refractivity contribution < 1.29 is 9.59 Å².